The normalized spacial score (nSPS) is 15.6. The first-order valence-electron chi connectivity index (χ1n) is 13.1. The van der Waals surface area contributed by atoms with Gasteiger partial charge in [-0.05, 0) is 68.2 Å². The molecule has 7 heteroatoms. The van der Waals surface area contributed by atoms with Gasteiger partial charge in [-0.2, -0.15) is 5.10 Å². The maximum atomic E-state index is 13.4. The van der Waals surface area contributed by atoms with Gasteiger partial charge in [0.05, 0.1) is 17.2 Å². The fourth-order valence-electron chi connectivity index (χ4n) is 4.52. The number of para-hydroxylation sites is 1. The number of benzene rings is 2. The Kier molecular flexibility index (Phi) is 9.22. The van der Waals surface area contributed by atoms with Crippen LogP contribution in [0.3, 0.4) is 0 Å². The summed E-state index contributed by atoms with van der Waals surface area (Å²) in [4.78, 5) is 15.9. The van der Waals surface area contributed by atoms with E-state index in [1.165, 1.54) is 18.2 Å². The number of ether oxygens (including phenoxy) is 1. The number of hydrogen-bond acceptors (Lipinski definition) is 5. The second-order valence-corrected chi connectivity index (χ2v) is 11.0. The highest BCUT2D eigenvalue weighted by molar-refractivity contribution is 8.26. The lowest BCUT2D eigenvalue weighted by Gasteiger charge is -2.21. The van der Waals surface area contributed by atoms with Crippen LogP contribution < -0.4 is 4.74 Å². The molecule has 1 unspecified atom stereocenters. The lowest BCUT2D eigenvalue weighted by Crippen LogP contribution is -2.33. The van der Waals surface area contributed by atoms with Crippen LogP contribution in [0.2, 0.25) is 0 Å². The molecule has 4 rings (SSSR count). The van der Waals surface area contributed by atoms with Crippen molar-refractivity contribution in [3.8, 4) is 22.7 Å². The van der Waals surface area contributed by atoms with Gasteiger partial charge in [-0.1, -0.05) is 75.3 Å². The van der Waals surface area contributed by atoms with Gasteiger partial charge in [-0.3, -0.25) is 9.69 Å². The standard InChI is InChI=1S/C30H35N3O2S2/c1-5-8-12-22(6-2)19-32-29(34)27(37-30(32)36)18-24-20-33(25-13-10-9-11-14-25)31-28(24)23-15-16-26(35-7-3)21(4)17-23/h9-11,13-18,20,22H,5-8,12,19H2,1-4H3. The van der Waals surface area contributed by atoms with Gasteiger partial charge < -0.3 is 4.74 Å². The summed E-state index contributed by atoms with van der Waals surface area (Å²) in [5, 5.41) is 4.93. The van der Waals surface area contributed by atoms with Crippen molar-refractivity contribution < 1.29 is 9.53 Å². The van der Waals surface area contributed by atoms with E-state index in [-0.39, 0.29) is 5.91 Å². The number of aromatic nitrogens is 2. The Morgan fingerprint density at radius 2 is 1.92 bits per heavy atom. The zero-order chi connectivity index (χ0) is 26.4. The number of thioether (sulfide) groups is 1. The zero-order valence-corrected chi connectivity index (χ0v) is 23.7. The molecule has 2 heterocycles. The fourth-order valence-corrected chi connectivity index (χ4v) is 5.78. The molecule has 0 saturated carbocycles. The van der Waals surface area contributed by atoms with Crippen LogP contribution in [-0.2, 0) is 4.79 Å². The minimum atomic E-state index is -0.00812. The Morgan fingerprint density at radius 1 is 1.14 bits per heavy atom. The van der Waals surface area contributed by atoms with Gasteiger partial charge in [0.15, 0.2) is 0 Å². The van der Waals surface area contributed by atoms with E-state index in [1.54, 1.807) is 4.90 Å². The first-order chi connectivity index (χ1) is 17.9. The summed E-state index contributed by atoms with van der Waals surface area (Å²) in [6.45, 7) is 9.72. The number of hydrogen-bond donors (Lipinski definition) is 0. The Hall–Kier alpha value is -2.90. The van der Waals surface area contributed by atoms with E-state index < -0.39 is 0 Å². The summed E-state index contributed by atoms with van der Waals surface area (Å²) in [7, 11) is 0. The number of carbonyl (C=O) groups is 1. The van der Waals surface area contributed by atoms with Gasteiger partial charge in [-0.15, -0.1) is 0 Å². The molecule has 0 bridgehead atoms. The topological polar surface area (TPSA) is 47.4 Å². The molecule has 0 aliphatic carbocycles. The molecule has 37 heavy (non-hydrogen) atoms. The van der Waals surface area contributed by atoms with E-state index in [1.807, 2.05) is 73.3 Å². The predicted molar refractivity (Wildman–Crippen MR) is 158 cm³/mol. The molecule has 194 valence electrons. The zero-order valence-electron chi connectivity index (χ0n) is 22.1. The molecule has 1 amide bonds. The maximum absolute atomic E-state index is 13.4. The first-order valence-corrected chi connectivity index (χ1v) is 14.3. The van der Waals surface area contributed by atoms with Crippen LogP contribution in [0, 0.1) is 12.8 Å². The number of amides is 1. The van der Waals surface area contributed by atoms with Crippen molar-refractivity contribution in [3.05, 3.63) is 70.8 Å². The number of aryl methyl sites for hydroxylation is 1. The van der Waals surface area contributed by atoms with Crippen LogP contribution in [0.5, 0.6) is 5.75 Å². The minimum absolute atomic E-state index is 0.00812. The van der Waals surface area contributed by atoms with Crippen LogP contribution in [0.15, 0.2) is 59.6 Å². The third kappa shape index (κ3) is 6.33. The van der Waals surface area contributed by atoms with Crippen molar-refractivity contribution in [1.29, 1.82) is 0 Å². The summed E-state index contributed by atoms with van der Waals surface area (Å²) >= 11 is 7.03. The SMILES string of the molecule is CCCCC(CC)CN1C(=O)C(=Cc2cn(-c3ccccc3)nc2-c2ccc(OCC)c(C)c2)SC1=S. The Labute approximate surface area is 229 Å². The number of thiocarbonyl (C=S) groups is 1. The number of nitrogens with zero attached hydrogens (tertiary/aromatic N) is 3. The third-order valence-corrected chi connectivity index (χ3v) is 8.03. The molecular formula is C30H35N3O2S2. The van der Waals surface area contributed by atoms with Gasteiger partial charge in [-0.25, -0.2) is 4.68 Å². The summed E-state index contributed by atoms with van der Waals surface area (Å²) in [6, 6.07) is 16.1. The molecule has 1 saturated heterocycles. The van der Waals surface area contributed by atoms with Crippen molar-refractivity contribution in [1.82, 2.24) is 14.7 Å². The quantitative estimate of drug-likeness (QED) is 0.187. The molecule has 5 nitrogen and oxygen atoms in total. The van der Waals surface area contributed by atoms with Gasteiger partial charge in [0, 0.05) is 23.9 Å². The van der Waals surface area contributed by atoms with Crippen molar-refractivity contribution >= 4 is 40.3 Å². The molecule has 0 N–H and O–H groups in total. The lowest BCUT2D eigenvalue weighted by atomic mass is 9.99. The molecule has 0 radical (unpaired) electrons. The second-order valence-electron chi connectivity index (χ2n) is 9.34. The average Bonchev–Trinajstić information content (AvgIpc) is 3.44. The third-order valence-electron chi connectivity index (χ3n) is 6.66. The molecular weight excluding hydrogens is 498 g/mol. The van der Waals surface area contributed by atoms with E-state index in [0.29, 0.717) is 28.3 Å². The largest absolute Gasteiger partial charge is 0.494 e. The smallest absolute Gasteiger partial charge is 0.266 e. The molecule has 3 aromatic rings. The van der Waals surface area contributed by atoms with Crippen molar-refractivity contribution in [2.75, 3.05) is 13.2 Å². The predicted octanol–water partition coefficient (Wildman–Crippen LogP) is 7.66. The summed E-state index contributed by atoms with van der Waals surface area (Å²) in [5.74, 6) is 1.32. The molecule has 0 spiro atoms. The van der Waals surface area contributed by atoms with Crippen LogP contribution in [0.25, 0.3) is 23.0 Å². The van der Waals surface area contributed by atoms with Crippen LogP contribution in [0.4, 0.5) is 0 Å². The maximum Gasteiger partial charge on any atom is 0.266 e. The monoisotopic (exact) mass is 533 g/mol. The summed E-state index contributed by atoms with van der Waals surface area (Å²) in [6.07, 6.45) is 8.43. The van der Waals surface area contributed by atoms with E-state index >= 15 is 0 Å². The van der Waals surface area contributed by atoms with Gasteiger partial charge in [0.1, 0.15) is 15.8 Å². The summed E-state index contributed by atoms with van der Waals surface area (Å²) in [5.41, 5.74) is 4.67. The fraction of sp³-hybridized carbons (Fsp3) is 0.367. The number of carbonyl (C=O) groups excluding carboxylic acids is 1. The summed E-state index contributed by atoms with van der Waals surface area (Å²) < 4.78 is 8.24. The van der Waals surface area contributed by atoms with E-state index in [9.17, 15) is 4.79 Å². The Bertz CT molecular complexity index is 1280. The molecule has 2 aromatic carbocycles. The minimum Gasteiger partial charge on any atom is -0.494 e. The van der Waals surface area contributed by atoms with Gasteiger partial charge >= 0.3 is 0 Å². The molecule has 1 aromatic heterocycles. The molecule has 1 atom stereocenters. The van der Waals surface area contributed by atoms with Crippen LogP contribution >= 0.6 is 24.0 Å². The second kappa shape index (κ2) is 12.6. The van der Waals surface area contributed by atoms with Gasteiger partial charge in [0.2, 0.25) is 0 Å². The van der Waals surface area contributed by atoms with Crippen molar-refractivity contribution in [2.45, 2.75) is 53.4 Å². The van der Waals surface area contributed by atoms with Crippen molar-refractivity contribution in [2.24, 2.45) is 5.92 Å². The highest BCUT2D eigenvalue weighted by Gasteiger charge is 2.33. The van der Waals surface area contributed by atoms with E-state index in [2.05, 4.69) is 19.9 Å². The van der Waals surface area contributed by atoms with Crippen LogP contribution in [-0.4, -0.2) is 38.1 Å². The highest BCUT2D eigenvalue weighted by Crippen LogP contribution is 2.36. The Balaban J connectivity index is 1.70. The van der Waals surface area contributed by atoms with E-state index in [0.717, 1.165) is 53.1 Å². The number of rotatable bonds is 11. The molecule has 1 fully saturated rings. The molecule has 1 aliphatic heterocycles. The van der Waals surface area contributed by atoms with E-state index in [4.69, 9.17) is 22.1 Å². The average molecular weight is 534 g/mol. The Morgan fingerprint density at radius 3 is 2.59 bits per heavy atom. The van der Waals surface area contributed by atoms with Crippen LogP contribution in [0.1, 0.15) is 57.6 Å². The number of unbranched alkanes of at least 4 members (excludes halogenated alkanes) is 1. The highest BCUT2D eigenvalue weighted by atomic mass is 32.2. The lowest BCUT2D eigenvalue weighted by molar-refractivity contribution is -0.122. The first kappa shape index (κ1) is 27.1. The van der Waals surface area contributed by atoms with Crippen molar-refractivity contribution in [3.63, 3.8) is 0 Å². The molecule has 1 aliphatic rings. The van der Waals surface area contributed by atoms with Gasteiger partial charge in [0.25, 0.3) is 5.91 Å².